The number of nitro benzene ring substituents is 1. The maximum atomic E-state index is 13.0. The maximum Gasteiger partial charge on any atom is 0.343 e. The van der Waals surface area contributed by atoms with Gasteiger partial charge in [0.1, 0.15) is 5.75 Å². The van der Waals surface area contributed by atoms with Crippen LogP contribution in [0.2, 0.25) is 0 Å². The topological polar surface area (TPSA) is 168 Å². The monoisotopic (exact) mass is 564 g/mol. The van der Waals surface area contributed by atoms with Crippen LogP contribution in [0.3, 0.4) is 0 Å². The van der Waals surface area contributed by atoms with Crippen LogP contribution in [-0.4, -0.2) is 50.3 Å². The van der Waals surface area contributed by atoms with Gasteiger partial charge in [-0.3, -0.25) is 19.7 Å². The number of methoxy groups -OCH3 is 3. The van der Waals surface area contributed by atoms with Crippen LogP contribution in [0.15, 0.2) is 59.7 Å². The molecular weight excluding hydrogens is 536 g/mol. The molecule has 0 aliphatic rings. The van der Waals surface area contributed by atoms with E-state index in [1.165, 1.54) is 51.7 Å². The van der Waals surface area contributed by atoms with Crippen LogP contribution in [0.25, 0.3) is 0 Å². The second kappa shape index (κ2) is 13.6. The number of esters is 1. The van der Waals surface area contributed by atoms with E-state index in [1.807, 2.05) is 0 Å². The molecule has 13 heteroatoms. The Bertz CT molecular complexity index is 1460. The number of ether oxygens (including phenoxy) is 4. The highest BCUT2D eigenvalue weighted by atomic mass is 16.6. The summed E-state index contributed by atoms with van der Waals surface area (Å²) in [4.78, 5) is 48.0. The number of carbonyl (C=O) groups is 3. The molecule has 0 bridgehead atoms. The fourth-order valence-corrected chi connectivity index (χ4v) is 3.42. The van der Waals surface area contributed by atoms with Gasteiger partial charge in [0.05, 0.1) is 38.0 Å². The molecule has 41 heavy (non-hydrogen) atoms. The summed E-state index contributed by atoms with van der Waals surface area (Å²) in [5.41, 5.74) is 2.91. The Morgan fingerprint density at radius 2 is 1.51 bits per heavy atom. The zero-order valence-corrected chi connectivity index (χ0v) is 22.9. The summed E-state index contributed by atoms with van der Waals surface area (Å²) in [7, 11) is 4.21. The van der Waals surface area contributed by atoms with E-state index in [0.29, 0.717) is 5.69 Å². The number of rotatable bonds is 11. The molecule has 0 atom stereocenters. The minimum Gasteiger partial charge on any atom is -0.493 e. The van der Waals surface area contributed by atoms with Crippen molar-refractivity contribution in [3.05, 3.63) is 81.4 Å². The summed E-state index contributed by atoms with van der Waals surface area (Å²) in [5.74, 6) is -1.09. The lowest BCUT2D eigenvalue weighted by Crippen LogP contribution is -2.19. The average Bonchev–Trinajstić information content (AvgIpc) is 2.96. The molecule has 0 radical (unpaired) electrons. The first-order chi connectivity index (χ1) is 19.6. The Labute approximate surface area is 235 Å². The summed E-state index contributed by atoms with van der Waals surface area (Å²) < 4.78 is 21.3. The highest BCUT2D eigenvalue weighted by Crippen LogP contribution is 2.38. The van der Waals surface area contributed by atoms with Crippen molar-refractivity contribution in [2.24, 2.45) is 11.0 Å². The van der Waals surface area contributed by atoms with E-state index in [9.17, 15) is 24.5 Å². The number of carbonyl (C=O) groups excluding carboxylic acids is 3. The van der Waals surface area contributed by atoms with E-state index >= 15 is 0 Å². The summed E-state index contributed by atoms with van der Waals surface area (Å²) in [5, 5.41) is 17.9. The number of hydrogen-bond acceptors (Lipinski definition) is 10. The Morgan fingerprint density at radius 1 is 0.878 bits per heavy atom. The lowest BCUT2D eigenvalue weighted by atomic mass is 10.1. The van der Waals surface area contributed by atoms with Crippen LogP contribution in [0.5, 0.6) is 23.0 Å². The molecule has 0 aliphatic heterocycles. The van der Waals surface area contributed by atoms with E-state index in [4.69, 9.17) is 18.9 Å². The number of nitrogens with zero attached hydrogens (tertiary/aromatic N) is 2. The molecule has 13 nitrogen and oxygen atoms in total. The number of hydrazone groups is 1. The molecule has 0 aliphatic carbocycles. The highest BCUT2D eigenvalue weighted by molar-refractivity contribution is 5.97. The third-order valence-corrected chi connectivity index (χ3v) is 5.62. The Balaban J connectivity index is 1.80. The zero-order chi connectivity index (χ0) is 30.1. The van der Waals surface area contributed by atoms with Gasteiger partial charge in [0.15, 0.2) is 11.5 Å². The van der Waals surface area contributed by atoms with Crippen molar-refractivity contribution < 1.29 is 38.3 Å². The largest absolute Gasteiger partial charge is 0.493 e. The summed E-state index contributed by atoms with van der Waals surface area (Å²) in [6, 6.07) is 12.5. The van der Waals surface area contributed by atoms with Gasteiger partial charge in [-0.1, -0.05) is 13.8 Å². The molecule has 214 valence electrons. The second-order valence-corrected chi connectivity index (χ2v) is 8.70. The van der Waals surface area contributed by atoms with E-state index in [-0.39, 0.29) is 57.2 Å². The molecule has 2 amide bonds. The van der Waals surface area contributed by atoms with Gasteiger partial charge >= 0.3 is 5.97 Å². The second-order valence-electron chi connectivity index (χ2n) is 8.70. The van der Waals surface area contributed by atoms with Crippen LogP contribution in [-0.2, 0) is 4.79 Å². The first-order valence-corrected chi connectivity index (χ1v) is 12.1. The van der Waals surface area contributed by atoms with Crippen LogP contribution >= 0.6 is 0 Å². The van der Waals surface area contributed by atoms with Gasteiger partial charge in [-0.25, -0.2) is 10.2 Å². The van der Waals surface area contributed by atoms with Gasteiger partial charge < -0.3 is 24.3 Å². The van der Waals surface area contributed by atoms with Crippen molar-refractivity contribution in [1.29, 1.82) is 0 Å². The predicted octanol–water partition coefficient (Wildman–Crippen LogP) is 4.20. The fraction of sp³-hybridized carbons (Fsp3) is 0.214. The van der Waals surface area contributed by atoms with Crippen LogP contribution in [0.1, 0.15) is 40.1 Å². The maximum absolute atomic E-state index is 13.0. The molecule has 0 saturated carbocycles. The summed E-state index contributed by atoms with van der Waals surface area (Å²) in [6.07, 6.45) is 1.11. The van der Waals surface area contributed by atoms with Gasteiger partial charge in [0, 0.05) is 34.9 Å². The summed E-state index contributed by atoms with van der Waals surface area (Å²) >= 11 is 0. The molecular formula is C28H28N4O9. The minimum atomic E-state index is -0.818. The number of amides is 2. The molecule has 0 aromatic heterocycles. The number of benzene rings is 3. The van der Waals surface area contributed by atoms with Crippen LogP contribution < -0.4 is 29.7 Å². The van der Waals surface area contributed by atoms with Gasteiger partial charge in [-0.05, 0) is 42.5 Å². The van der Waals surface area contributed by atoms with Crippen molar-refractivity contribution in [1.82, 2.24) is 5.43 Å². The van der Waals surface area contributed by atoms with Crippen molar-refractivity contribution in [3.8, 4) is 23.0 Å². The van der Waals surface area contributed by atoms with E-state index in [1.54, 1.807) is 26.0 Å². The van der Waals surface area contributed by atoms with Crippen molar-refractivity contribution >= 4 is 35.4 Å². The van der Waals surface area contributed by atoms with Gasteiger partial charge in [-0.15, -0.1) is 0 Å². The number of hydrogen-bond donors (Lipinski definition) is 2. The predicted molar refractivity (Wildman–Crippen MR) is 149 cm³/mol. The van der Waals surface area contributed by atoms with E-state index < -0.39 is 16.8 Å². The number of nitrogens with one attached hydrogen (secondary N) is 2. The molecule has 0 unspecified atom stereocenters. The van der Waals surface area contributed by atoms with Gasteiger partial charge in [-0.2, -0.15) is 5.10 Å². The zero-order valence-electron chi connectivity index (χ0n) is 22.9. The number of non-ortho nitro benzene ring substituents is 1. The highest BCUT2D eigenvalue weighted by Gasteiger charge is 2.20. The van der Waals surface area contributed by atoms with E-state index in [0.717, 1.165) is 18.3 Å². The molecule has 2 N–H and O–H groups in total. The Kier molecular flexibility index (Phi) is 9.95. The lowest BCUT2D eigenvalue weighted by molar-refractivity contribution is -0.384. The number of anilines is 1. The minimum absolute atomic E-state index is 0.0482. The molecule has 0 saturated heterocycles. The van der Waals surface area contributed by atoms with Crippen molar-refractivity contribution in [2.45, 2.75) is 13.8 Å². The van der Waals surface area contributed by atoms with Gasteiger partial charge in [0.25, 0.3) is 11.6 Å². The third-order valence-electron chi connectivity index (χ3n) is 5.62. The smallest absolute Gasteiger partial charge is 0.343 e. The standard InChI is InChI=1S/C28H28N4O9/c1-16(2)26(33)30-20-8-6-17(7-9-20)27(34)31-29-15-19-12-21(32(36)37)10-11-22(19)41-28(35)18-13-23(38-3)25(40-5)24(14-18)39-4/h6-16H,1-5H3,(H,30,33)(H,31,34)/b29-15+. The number of nitro groups is 1. The van der Waals surface area contributed by atoms with Gasteiger partial charge in [0.2, 0.25) is 11.7 Å². The first-order valence-electron chi connectivity index (χ1n) is 12.1. The Hall–Kier alpha value is -5.46. The molecule has 0 spiro atoms. The van der Waals surface area contributed by atoms with Crippen LogP contribution in [0.4, 0.5) is 11.4 Å². The molecule has 0 fully saturated rings. The fourth-order valence-electron chi connectivity index (χ4n) is 3.42. The first kappa shape index (κ1) is 30.1. The quantitative estimate of drug-likeness (QED) is 0.114. The average molecular weight is 565 g/mol. The molecule has 3 aromatic carbocycles. The van der Waals surface area contributed by atoms with Crippen molar-refractivity contribution in [2.75, 3.05) is 26.6 Å². The Morgan fingerprint density at radius 3 is 2.05 bits per heavy atom. The SMILES string of the molecule is COc1cc(C(=O)Oc2ccc([N+](=O)[O-])cc2/C=N/NC(=O)c2ccc(NC(=O)C(C)C)cc2)cc(OC)c1OC. The molecule has 0 heterocycles. The molecule has 3 rings (SSSR count). The summed E-state index contributed by atoms with van der Waals surface area (Å²) in [6.45, 7) is 3.52. The lowest BCUT2D eigenvalue weighted by Gasteiger charge is -2.14. The normalized spacial score (nSPS) is 10.7. The van der Waals surface area contributed by atoms with Crippen molar-refractivity contribution in [3.63, 3.8) is 0 Å². The van der Waals surface area contributed by atoms with E-state index in [2.05, 4.69) is 15.8 Å². The molecule has 3 aromatic rings. The van der Waals surface area contributed by atoms with Crippen LogP contribution in [0, 0.1) is 16.0 Å². The third kappa shape index (κ3) is 7.56.